The molecule has 0 saturated heterocycles. The van der Waals surface area contributed by atoms with Gasteiger partial charge in [0.15, 0.2) is 11.5 Å². The Morgan fingerprint density at radius 2 is 2.17 bits per heavy atom. The van der Waals surface area contributed by atoms with Gasteiger partial charge in [-0.1, -0.05) is 6.92 Å². The summed E-state index contributed by atoms with van der Waals surface area (Å²) in [6.45, 7) is 2.99. The predicted molar refractivity (Wildman–Crippen MR) is 82.6 cm³/mol. The summed E-state index contributed by atoms with van der Waals surface area (Å²) in [5.41, 5.74) is 1.13. The van der Waals surface area contributed by atoms with Gasteiger partial charge in [0.1, 0.15) is 11.8 Å². The number of benzene rings is 1. The molecule has 2 aromatic heterocycles. The van der Waals surface area contributed by atoms with E-state index in [-0.39, 0.29) is 4.90 Å². The van der Waals surface area contributed by atoms with Gasteiger partial charge in [0.25, 0.3) is 10.0 Å². The Hall–Kier alpha value is -2.42. The van der Waals surface area contributed by atoms with Gasteiger partial charge in [0.2, 0.25) is 5.95 Å². The normalized spacial score (nSPS) is 15.1. The van der Waals surface area contributed by atoms with E-state index in [9.17, 15) is 8.42 Å². The number of aryl methyl sites for hydroxylation is 2. The minimum absolute atomic E-state index is 0.178. The Labute approximate surface area is 132 Å². The number of fused-ring (bicyclic) bond motifs is 2. The lowest BCUT2D eigenvalue weighted by Crippen LogP contribution is -2.38. The van der Waals surface area contributed by atoms with Crippen LogP contribution in [0.25, 0.3) is 11.1 Å². The summed E-state index contributed by atoms with van der Waals surface area (Å²) >= 11 is 0. The smallest absolute Gasteiger partial charge is 0.266 e. The van der Waals surface area contributed by atoms with Gasteiger partial charge in [0.05, 0.1) is 4.90 Å². The molecule has 1 aliphatic rings. The lowest BCUT2D eigenvalue weighted by molar-refractivity contribution is 0.529. The lowest BCUT2D eigenvalue weighted by Gasteiger charge is -2.27. The van der Waals surface area contributed by atoms with Crippen molar-refractivity contribution in [2.45, 2.75) is 31.2 Å². The topological polar surface area (TPSA) is 94.1 Å². The van der Waals surface area contributed by atoms with Crippen LogP contribution in [0.2, 0.25) is 0 Å². The van der Waals surface area contributed by atoms with Gasteiger partial charge >= 0.3 is 0 Å². The Bertz CT molecular complexity index is 975. The molecule has 0 fully saturated rings. The number of aromatic nitrogens is 4. The minimum atomic E-state index is -3.71. The summed E-state index contributed by atoms with van der Waals surface area (Å²) in [4.78, 5) is 8.55. The van der Waals surface area contributed by atoms with Crippen LogP contribution in [0.15, 0.2) is 33.8 Å². The first kappa shape index (κ1) is 14.2. The van der Waals surface area contributed by atoms with E-state index >= 15 is 0 Å². The average Bonchev–Trinajstić information content (AvgIpc) is 3.19. The van der Waals surface area contributed by atoms with Crippen LogP contribution in [0.5, 0.6) is 0 Å². The number of hydrogen-bond acceptors (Lipinski definition) is 6. The van der Waals surface area contributed by atoms with Crippen molar-refractivity contribution in [3.8, 4) is 0 Å². The zero-order valence-corrected chi connectivity index (χ0v) is 13.3. The van der Waals surface area contributed by atoms with Crippen molar-refractivity contribution in [1.29, 1.82) is 0 Å². The second-order valence-corrected chi connectivity index (χ2v) is 7.17. The molecule has 0 N–H and O–H groups in total. The molecular weight excluding hydrogens is 318 g/mol. The van der Waals surface area contributed by atoms with Crippen LogP contribution in [0.3, 0.4) is 0 Å². The molecular formula is C14H15N5O3S. The largest absolute Gasteiger partial charge is 0.441 e. The summed E-state index contributed by atoms with van der Waals surface area (Å²) in [7, 11) is -3.71. The van der Waals surface area contributed by atoms with Crippen molar-refractivity contribution in [2.75, 3.05) is 10.8 Å². The highest BCUT2D eigenvalue weighted by molar-refractivity contribution is 7.92. The zero-order valence-electron chi connectivity index (χ0n) is 12.5. The molecule has 0 saturated carbocycles. The van der Waals surface area contributed by atoms with Crippen LogP contribution in [-0.2, 0) is 23.0 Å². The standard InChI is InChI=1S/C14H15N5O3S/c1-2-13-17-11-8-10(4-5-12(11)22-13)23(20,21)19-7-3-6-18-14(19)15-9-16-18/h4-5,8-9H,2-3,6-7H2,1H3. The molecule has 0 amide bonds. The number of anilines is 1. The molecule has 4 rings (SSSR count). The first-order valence-corrected chi connectivity index (χ1v) is 8.83. The molecule has 1 aromatic carbocycles. The van der Waals surface area contributed by atoms with E-state index in [1.54, 1.807) is 16.8 Å². The SMILES string of the molecule is CCc1nc2cc(S(=O)(=O)N3CCCn4ncnc43)ccc2o1. The first-order chi connectivity index (χ1) is 11.1. The molecule has 0 radical (unpaired) electrons. The highest BCUT2D eigenvalue weighted by Gasteiger charge is 2.31. The molecule has 0 bridgehead atoms. The summed E-state index contributed by atoms with van der Waals surface area (Å²) in [6, 6.07) is 4.73. The van der Waals surface area contributed by atoms with Crippen molar-refractivity contribution >= 4 is 27.1 Å². The molecule has 0 spiro atoms. The minimum Gasteiger partial charge on any atom is -0.441 e. The third-order valence-electron chi connectivity index (χ3n) is 3.84. The number of hydrogen-bond donors (Lipinski definition) is 0. The second kappa shape index (κ2) is 5.05. The fourth-order valence-electron chi connectivity index (χ4n) is 2.69. The molecule has 9 heteroatoms. The third kappa shape index (κ3) is 2.19. The average molecular weight is 333 g/mol. The summed E-state index contributed by atoms with van der Waals surface area (Å²) < 4.78 is 34.3. The Balaban J connectivity index is 1.80. The van der Waals surface area contributed by atoms with E-state index in [1.165, 1.54) is 16.7 Å². The highest BCUT2D eigenvalue weighted by Crippen LogP contribution is 2.27. The van der Waals surface area contributed by atoms with Crippen molar-refractivity contribution in [3.63, 3.8) is 0 Å². The number of rotatable bonds is 3. The molecule has 0 unspecified atom stereocenters. The molecule has 0 aliphatic carbocycles. The summed E-state index contributed by atoms with van der Waals surface area (Å²) in [5.74, 6) is 0.943. The summed E-state index contributed by atoms with van der Waals surface area (Å²) in [5, 5.41) is 4.05. The van der Waals surface area contributed by atoms with Gasteiger partial charge < -0.3 is 4.42 Å². The van der Waals surface area contributed by atoms with Crippen LogP contribution in [0.4, 0.5) is 5.95 Å². The molecule has 3 heterocycles. The van der Waals surface area contributed by atoms with E-state index in [4.69, 9.17) is 4.42 Å². The second-order valence-electron chi connectivity index (χ2n) is 5.30. The quantitative estimate of drug-likeness (QED) is 0.722. The van der Waals surface area contributed by atoms with Gasteiger partial charge in [-0.05, 0) is 24.6 Å². The van der Waals surface area contributed by atoms with Crippen LogP contribution in [0.1, 0.15) is 19.2 Å². The molecule has 23 heavy (non-hydrogen) atoms. The summed E-state index contributed by atoms with van der Waals surface area (Å²) in [6.07, 6.45) is 2.73. The van der Waals surface area contributed by atoms with Crippen molar-refractivity contribution in [2.24, 2.45) is 0 Å². The number of oxazole rings is 1. The van der Waals surface area contributed by atoms with Crippen LogP contribution < -0.4 is 4.31 Å². The number of sulfonamides is 1. The monoisotopic (exact) mass is 333 g/mol. The van der Waals surface area contributed by atoms with Gasteiger partial charge in [0, 0.05) is 19.5 Å². The predicted octanol–water partition coefficient (Wildman–Crippen LogP) is 1.58. The van der Waals surface area contributed by atoms with E-state index < -0.39 is 10.0 Å². The fraction of sp³-hybridized carbons (Fsp3) is 0.357. The van der Waals surface area contributed by atoms with Gasteiger partial charge in [-0.3, -0.25) is 0 Å². The van der Waals surface area contributed by atoms with E-state index in [1.807, 2.05) is 6.92 Å². The number of nitrogens with zero attached hydrogens (tertiary/aromatic N) is 5. The molecule has 3 aromatic rings. The highest BCUT2D eigenvalue weighted by atomic mass is 32.2. The van der Waals surface area contributed by atoms with E-state index in [0.29, 0.717) is 48.9 Å². The van der Waals surface area contributed by atoms with Gasteiger partial charge in [-0.25, -0.2) is 22.4 Å². The Morgan fingerprint density at radius 1 is 1.30 bits per heavy atom. The maximum absolute atomic E-state index is 13.0. The first-order valence-electron chi connectivity index (χ1n) is 7.39. The van der Waals surface area contributed by atoms with Crippen molar-refractivity contribution in [1.82, 2.24) is 19.7 Å². The molecule has 120 valence electrons. The zero-order chi connectivity index (χ0) is 16.0. The van der Waals surface area contributed by atoms with Crippen molar-refractivity contribution in [3.05, 3.63) is 30.4 Å². The van der Waals surface area contributed by atoms with Gasteiger partial charge in [-0.2, -0.15) is 10.1 Å². The van der Waals surface area contributed by atoms with E-state index in [2.05, 4.69) is 15.1 Å². The van der Waals surface area contributed by atoms with Crippen molar-refractivity contribution < 1.29 is 12.8 Å². The molecule has 8 nitrogen and oxygen atoms in total. The Morgan fingerprint density at radius 3 is 3.00 bits per heavy atom. The van der Waals surface area contributed by atoms with Crippen LogP contribution in [0, 0.1) is 0 Å². The van der Waals surface area contributed by atoms with E-state index in [0.717, 1.165) is 0 Å². The fourth-order valence-corrected chi connectivity index (χ4v) is 4.18. The maximum atomic E-state index is 13.0. The lowest BCUT2D eigenvalue weighted by atomic mass is 10.3. The maximum Gasteiger partial charge on any atom is 0.266 e. The molecule has 0 atom stereocenters. The van der Waals surface area contributed by atoms with Gasteiger partial charge in [-0.15, -0.1) is 0 Å². The third-order valence-corrected chi connectivity index (χ3v) is 5.62. The Kier molecular flexibility index (Phi) is 3.12. The molecule has 1 aliphatic heterocycles. The van der Waals surface area contributed by atoms with Crippen LogP contribution in [-0.4, -0.2) is 34.7 Å². The van der Waals surface area contributed by atoms with Crippen LogP contribution >= 0.6 is 0 Å².